The van der Waals surface area contributed by atoms with Gasteiger partial charge in [-0.1, -0.05) is 76.1 Å². The molecule has 3 atom stereocenters. The molecule has 0 fully saturated rings. The Labute approximate surface area is 241 Å². The average Bonchev–Trinajstić information content (AvgIpc) is 2.98. The van der Waals surface area contributed by atoms with Crippen molar-refractivity contribution in [2.75, 3.05) is 6.61 Å². The predicted octanol–water partition coefficient (Wildman–Crippen LogP) is 9.05. The smallest absolute Gasteiger partial charge is 0.348 e. The minimum absolute atomic E-state index is 0.139. The van der Waals surface area contributed by atoms with Crippen molar-refractivity contribution in [3.8, 4) is 34.0 Å². The molecule has 8 heteroatoms. The van der Waals surface area contributed by atoms with Gasteiger partial charge >= 0.3 is 5.97 Å². The van der Waals surface area contributed by atoms with Crippen molar-refractivity contribution < 1.29 is 27.4 Å². The standard InChI is InChI=1S/C33H41F3N2O3/c1-4-5-6-7-8-9-10-13-20-33(3,36)32(39)41-27-18-16-25(17-19-27)26-21-37-31(38-22-26)28-14-11-12-15-30(28)40-23-29(35)24(2)34/h11-12,14-19,21-22,24,29H,4-10,13,20,23H2,1-3H3. The lowest BCUT2D eigenvalue weighted by molar-refractivity contribution is -0.147. The van der Waals surface area contributed by atoms with E-state index in [9.17, 15) is 18.0 Å². The number of unbranched alkanes of at least 4 members (excludes halogenated alkanes) is 7. The molecule has 0 aliphatic rings. The van der Waals surface area contributed by atoms with E-state index in [0.29, 0.717) is 29.1 Å². The number of rotatable bonds is 17. The van der Waals surface area contributed by atoms with Gasteiger partial charge in [0.25, 0.3) is 0 Å². The SMILES string of the molecule is CCCCCCCCCCC(C)(F)C(=O)Oc1ccc(-c2cnc(-c3ccccc3OCC(F)C(C)F)nc2)cc1. The van der Waals surface area contributed by atoms with Crippen LogP contribution >= 0.6 is 0 Å². The van der Waals surface area contributed by atoms with Gasteiger partial charge in [0.1, 0.15) is 24.3 Å². The summed E-state index contributed by atoms with van der Waals surface area (Å²) in [6.07, 6.45) is 8.72. The van der Waals surface area contributed by atoms with Gasteiger partial charge in [0.2, 0.25) is 5.67 Å². The molecule has 1 heterocycles. The number of alkyl halides is 3. The van der Waals surface area contributed by atoms with Gasteiger partial charge in [-0.3, -0.25) is 0 Å². The lowest BCUT2D eigenvalue weighted by Crippen LogP contribution is -2.34. The van der Waals surface area contributed by atoms with Crippen molar-refractivity contribution in [1.29, 1.82) is 0 Å². The van der Waals surface area contributed by atoms with Gasteiger partial charge in [0, 0.05) is 18.0 Å². The van der Waals surface area contributed by atoms with Gasteiger partial charge in [0.05, 0.1) is 5.56 Å². The summed E-state index contributed by atoms with van der Waals surface area (Å²) in [6.45, 7) is 4.21. The molecule has 0 bridgehead atoms. The summed E-state index contributed by atoms with van der Waals surface area (Å²) in [5, 5.41) is 0. The molecule has 0 aliphatic carbocycles. The fourth-order valence-corrected chi connectivity index (χ4v) is 4.32. The second-order valence-corrected chi connectivity index (χ2v) is 10.6. The number of esters is 1. The summed E-state index contributed by atoms with van der Waals surface area (Å²) in [7, 11) is 0. The molecule has 5 nitrogen and oxygen atoms in total. The Morgan fingerprint density at radius 1 is 0.878 bits per heavy atom. The van der Waals surface area contributed by atoms with Gasteiger partial charge in [-0.25, -0.2) is 27.9 Å². The van der Waals surface area contributed by atoms with Gasteiger partial charge in [-0.05, 0) is 56.5 Å². The average molecular weight is 571 g/mol. The van der Waals surface area contributed by atoms with Crippen LogP contribution in [0.1, 0.15) is 78.6 Å². The van der Waals surface area contributed by atoms with Crippen molar-refractivity contribution in [2.24, 2.45) is 0 Å². The Balaban J connectivity index is 1.53. The number of hydrogen-bond donors (Lipinski definition) is 0. The van der Waals surface area contributed by atoms with E-state index in [4.69, 9.17) is 9.47 Å². The molecular formula is C33H41F3N2O3. The number of halogens is 3. The van der Waals surface area contributed by atoms with Crippen molar-refractivity contribution in [1.82, 2.24) is 9.97 Å². The molecule has 0 radical (unpaired) electrons. The summed E-state index contributed by atoms with van der Waals surface area (Å²) in [5.74, 6) is 0.104. The van der Waals surface area contributed by atoms with Gasteiger partial charge in [-0.2, -0.15) is 0 Å². The maximum Gasteiger partial charge on any atom is 0.348 e. The summed E-state index contributed by atoms with van der Waals surface area (Å²) in [4.78, 5) is 21.3. The van der Waals surface area contributed by atoms with E-state index in [0.717, 1.165) is 31.7 Å². The van der Waals surface area contributed by atoms with E-state index in [-0.39, 0.29) is 12.2 Å². The molecular weight excluding hydrogens is 529 g/mol. The van der Waals surface area contributed by atoms with Crippen LogP contribution in [0, 0.1) is 0 Å². The Morgan fingerprint density at radius 2 is 1.49 bits per heavy atom. The number of hydrogen-bond acceptors (Lipinski definition) is 5. The first kappa shape index (κ1) is 32.1. The first-order chi connectivity index (χ1) is 19.7. The monoisotopic (exact) mass is 570 g/mol. The Kier molecular flexibility index (Phi) is 12.6. The number of para-hydroxylation sites is 1. The van der Waals surface area contributed by atoms with E-state index in [1.165, 1.54) is 32.6 Å². The molecule has 0 spiro atoms. The molecule has 0 amide bonds. The minimum Gasteiger partial charge on any atom is -0.490 e. The molecule has 0 N–H and O–H groups in total. The molecule has 0 aliphatic heterocycles. The second-order valence-electron chi connectivity index (χ2n) is 10.6. The fourth-order valence-electron chi connectivity index (χ4n) is 4.32. The lowest BCUT2D eigenvalue weighted by Gasteiger charge is -2.18. The summed E-state index contributed by atoms with van der Waals surface area (Å²) in [5.41, 5.74) is 0.00575. The number of benzene rings is 2. The zero-order chi connectivity index (χ0) is 29.7. The third-order valence-electron chi connectivity index (χ3n) is 7.00. The highest BCUT2D eigenvalue weighted by atomic mass is 19.2. The van der Waals surface area contributed by atoms with E-state index < -0.39 is 30.6 Å². The quantitative estimate of drug-likeness (QED) is 0.0920. The van der Waals surface area contributed by atoms with E-state index >= 15 is 0 Å². The van der Waals surface area contributed by atoms with Crippen LogP contribution in [-0.2, 0) is 4.79 Å². The van der Waals surface area contributed by atoms with Gasteiger partial charge in [0.15, 0.2) is 12.0 Å². The molecule has 2 aromatic carbocycles. The maximum atomic E-state index is 15.0. The van der Waals surface area contributed by atoms with Crippen LogP contribution in [0.2, 0.25) is 0 Å². The van der Waals surface area contributed by atoms with Crippen LogP contribution in [0.4, 0.5) is 13.2 Å². The van der Waals surface area contributed by atoms with Crippen molar-refractivity contribution in [3.05, 3.63) is 60.9 Å². The summed E-state index contributed by atoms with van der Waals surface area (Å²) < 4.78 is 52.6. The van der Waals surface area contributed by atoms with Crippen molar-refractivity contribution in [2.45, 2.75) is 96.6 Å². The summed E-state index contributed by atoms with van der Waals surface area (Å²) in [6, 6.07) is 13.6. The van der Waals surface area contributed by atoms with E-state index in [1.807, 2.05) is 0 Å². The number of carbonyl (C=O) groups is 1. The first-order valence-electron chi connectivity index (χ1n) is 14.5. The zero-order valence-electron chi connectivity index (χ0n) is 24.3. The highest BCUT2D eigenvalue weighted by Gasteiger charge is 2.34. The van der Waals surface area contributed by atoms with Crippen LogP contribution in [0.3, 0.4) is 0 Å². The molecule has 222 valence electrons. The number of nitrogens with zero attached hydrogens (tertiary/aromatic N) is 2. The maximum absolute atomic E-state index is 15.0. The predicted molar refractivity (Wildman–Crippen MR) is 156 cm³/mol. The molecule has 1 aromatic heterocycles. The third-order valence-corrected chi connectivity index (χ3v) is 7.00. The number of ether oxygens (including phenoxy) is 2. The van der Waals surface area contributed by atoms with Gasteiger partial charge < -0.3 is 9.47 Å². The minimum atomic E-state index is -2.04. The molecule has 0 saturated carbocycles. The van der Waals surface area contributed by atoms with Crippen LogP contribution in [0.25, 0.3) is 22.5 Å². The third kappa shape index (κ3) is 10.2. The summed E-state index contributed by atoms with van der Waals surface area (Å²) >= 11 is 0. The Bertz CT molecular complexity index is 1200. The largest absolute Gasteiger partial charge is 0.490 e. The molecule has 41 heavy (non-hydrogen) atoms. The lowest BCUT2D eigenvalue weighted by atomic mass is 9.99. The Morgan fingerprint density at radius 3 is 2.12 bits per heavy atom. The van der Waals surface area contributed by atoms with Crippen LogP contribution in [0.5, 0.6) is 11.5 Å². The number of carbonyl (C=O) groups excluding carboxylic acids is 1. The normalized spacial score (nSPS) is 14.2. The second kappa shape index (κ2) is 16.1. The van der Waals surface area contributed by atoms with Crippen LogP contribution < -0.4 is 9.47 Å². The molecule has 3 aromatic rings. The Hall–Kier alpha value is -3.42. The van der Waals surface area contributed by atoms with Crippen molar-refractivity contribution >= 4 is 5.97 Å². The van der Waals surface area contributed by atoms with Crippen LogP contribution in [0.15, 0.2) is 60.9 Å². The topological polar surface area (TPSA) is 61.3 Å². The fraction of sp³-hybridized carbons (Fsp3) is 0.485. The van der Waals surface area contributed by atoms with E-state index in [1.54, 1.807) is 60.9 Å². The molecule has 3 rings (SSSR count). The van der Waals surface area contributed by atoms with Crippen LogP contribution in [-0.4, -0.2) is 40.6 Å². The molecule has 3 unspecified atom stereocenters. The highest BCUT2D eigenvalue weighted by Crippen LogP contribution is 2.30. The van der Waals surface area contributed by atoms with Crippen molar-refractivity contribution in [3.63, 3.8) is 0 Å². The number of aromatic nitrogens is 2. The van der Waals surface area contributed by atoms with Gasteiger partial charge in [-0.15, -0.1) is 0 Å². The highest BCUT2D eigenvalue weighted by molar-refractivity contribution is 5.81. The first-order valence-corrected chi connectivity index (χ1v) is 14.5. The molecule has 0 saturated heterocycles. The van der Waals surface area contributed by atoms with E-state index in [2.05, 4.69) is 16.9 Å². The zero-order valence-corrected chi connectivity index (χ0v) is 24.3.